The van der Waals surface area contributed by atoms with Crippen LogP contribution in [-0.4, -0.2) is 33.3 Å². The summed E-state index contributed by atoms with van der Waals surface area (Å²) in [7, 11) is -2.51. The van der Waals surface area contributed by atoms with E-state index in [-0.39, 0.29) is 27.6 Å². The Morgan fingerprint density at radius 1 is 1.23 bits per heavy atom. The Labute approximate surface area is 175 Å². The number of hydrogen-bond acceptors (Lipinski definition) is 7. The highest BCUT2D eigenvalue weighted by atomic mass is 32.2. The molecule has 2 rings (SSSR count). The van der Waals surface area contributed by atoms with E-state index in [0.717, 1.165) is 18.4 Å². The van der Waals surface area contributed by atoms with Crippen molar-refractivity contribution in [1.82, 2.24) is 4.83 Å². The molecule has 2 aromatic rings. The van der Waals surface area contributed by atoms with Crippen LogP contribution in [0.2, 0.25) is 0 Å². The molecule has 1 N–H and O–H groups in total. The molecule has 0 saturated heterocycles. The van der Waals surface area contributed by atoms with Crippen molar-refractivity contribution in [2.45, 2.75) is 38.5 Å². The maximum atomic E-state index is 12.5. The lowest BCUT2D eigenvalue weighted by atomic mass is 10.2. The van der Waals surface area contributed by atoms with Crippen molar-refractivity contribution >= 4 is 21.9 Å². The fourth-order valence-corrected chi connectivity index (χ4v) is 3.77. The second kappa shape index (κ2) is 10.1. The second-order valence-corrected chi connectivity index (χ2v) is 8.28. The third-order valence-corrected chi connectivity index (χ3v) is 5.61. The molecule has 0 radical (unpaired) electrons. The summed E-state index contributed by atoms with van der Waals surface area (Å²) in [6, 6.07) is 7.68. The van der Waals surface area contributed by atoms with Crippen molar-refractivity contribution in [2.75, 3.05) is 13.7 Å². The van der Waals surface area contributed by atoms with E-state index in [0.29, 0.717) is 12.2 Å². The van der Waals surface area contributed by atoms with E-state index in [2.05, 4.69) is 9.93 Å². The van der Waals surface area contributed by atoms with Gasteiger partial charge in [-0.05, 0) is 38.0 Å². The smallest absolute Gasteiger partial charge is 0.315 e. The van der Waals surface area contributed by atoms with Crippen LogP contribution in [0.5, 0.6) is 11.5 Å². The molecule has 0 aromatic heterocycles. The number of hydrogen-bond donors (Lipinski definition) is 1. The van der Waals surface area contributed by atoms with E-state index in [1.807, 2.05) is 13.8 Å². The fraction of sp³-hybridized carbons (Fsp3) is 0.350. The SMILES string of the molecule is CCCCOc1c(OC)cc(/C=N/NS(=O)(=O)c2ccc(C)cc2C)cc1[N+](=O)[O-]. The molecule has 0 aliphatic heterocycles. The zero-order valence-electron chi connectivity index (χ0n) is 17.3. The highest BCUT2D eigenvalue weighted by molar-refractivity contribution is 7.89. The minimum absolute atomic E-state index is 0.0314. The average molecular weight is 436 g/mol. The summed E-state index contributed by atoms with van der Waals surface area (Å²) in [4.78, 5) is 13.1. The predicted octanol–water partition coefficient (Wildman–Crippen LogP) is 3.71. The Balaban J connectivity index is 2.30. The van der Waals surface area contributed by atoms with Crippen LogP contribution < -0.4 is 14.3 Å². The van der Waals surface area contributed by atoms with E-state index in [1.165, 1.54) is 31.5 Å². The van der Waals surface area contributed by atoms with Gasteiger partial charge in [-0.1, -0.05) is 31.0 Å². The zero-order valence-corrected chi connectivity index (χ0v) is 18.2. The van der Waals surface area contributed by atoms with E-state index >= 15 is 0 Å². The number of methoxy groups -OCH3 is 1. The number of sulfonamides is 1. The summed E-state index contributed by atoms with van der Waals surface area (Å²) in [6.07, 6.45) is 2.79. The van der Waals surface area contributed by atoms with Crippen molar-refractivity contribution < 1.29 is 22.8 Å². The summed E-state index contributed by atoms with van der Waals surface area (Å²) < 4.78 is 35.7. The van der Waals surface area contributed by atoms with Crippen LogP contribution in [-0.2, 0) is 10.0 Å². The van der Waals surface area contributed by atoms with Gasteiger partial charge in [0.1, 0.15) is 0 Å². The van der Waals surface area contributed by atoms with Crippen LogP contribution in [0.1, 0.15) is 36.5 Å². The molecular formula is C20H25N3O6S. The number of rotatable bonds is 10. The van der Waals surface area contributed by atoms with Gasteiger partial charge < -0.3 is 9.47 Å². The van der Waals surface area contributed by atoms with Crippen molar-refractivity contribution in [3.8, 4) is 11.5 Å². The average Bonchev–Trinajstić information content (AvgIpc) is 2.67. The van der Waals surface area contributed by atoms with Gasteiger partial charge in [-0.15, -0.1) is 0 Å². The first-order valence-electron chi connectivity index (χ1n) is 9.31. The number of ether oxygens (including phenoxy) is 2. The molecule has 0 spiro atoms. The quantitative estimate of drug-likeness (QED) is 0.263. The highest BCUT2D eigenvalue weighted by Gasteiger charge is 2.22. The maximum absolute atomic E-state index is 12.5. The molecule has 30 heavy (non-hydrogen) atoms. The monoisotopic (exact) mass is 435 g/mol. The summed E-state index contributed by atoms with van der Waals surface area (Å²) in [5.74, 6) is 0.197. The largest absolute Gasteiger partial charge is 0.493 e. The van der Waals surface area contributed by atoms with E-state index in [4.69, 9.17) is 9.47 Å². The second-order valence-electron chi connectivity index (χ2n) is 6.65. The Morgan fingerprint density at radius 2 is 1.97 bits per heavy atom. The lowest BCUT2D eigenvalue weighted by Gasteiger charge is -2.11. The number of nitrogens with zero attached hydrogens (tertiary/aromatic N) is 2. The van der Waals surface area contributed by atoms with Crippen LogP contribution in [0.4, 0.5) is 5.69 Å². The first kappa shape index (κ1) is 23.1. The van der Waals surface area contributed by atoms with Crippen LogP contribution in [0.25, 0.3) is 0 Å². The van der Waals surface area contributed by atoms with Gasteiger partial charge in [0.15, 0.2) is 5.75 Å². The van der Waals surface area contributed by atoms with Gasteiger partial charge in [0.25, 0.3) is 10.0 Å². The highest BCUT2D eigenvalue weighted by Crippen LogP contribution is 2.38. The van der Waals surface area contributed by atoms with Gasteiger partial charge in [0.2, 0.25) is 5.75 Å². The molecule has 0 aliphatic carbocycles. The molecule has 0 fully saturated rings. The molecule has 0 aliphatic rings. The van der Waals surface area contributed by atoms with E-state index in [1.54, 1.807) is 19.1 Å². The number of aryl methyl sites for hydroxylation is 2. The molecule has 0 unspecified atom stereocenters. The number of benzene rings is 2. The molecule has 0 bridgehead atoms. The van der Waals surface area contributed by atoms with Crippen molar-refractivity contribution in [3.05, 3.63) is 57.1 Å². The molecule has 162 valence electrons. The number of unbranched alkanes of at least 4 members (excludes halogenated alkanes) is 1. The van der Waals surface area contributed by atoms with Crippen LogP contribution >= 0.6 is 0 Å². The minimum Gasteiger partial charge on any atom is -0.493 e. The molecule has 0 atom stereocenters. The molecule has 2 aromatic carbocycles. The third-order valence-electron chi connectivity index (χ3n) is 4.22. The molecule has 0 amide bonds. The lowest BCUT2D eigenvalue weighted by Crippen LogP contribution is -2.19. The number of nitro benzene ring substituents is 1. The summed E-state index contributed by atoms with van der Waals surface area (Å²) in [5.41, 5.74) is 1.52. The van der Waals surface area contributed by atoms with Gasteiger partial charge in [-0.2, -0.15) is 13.5 Å². The van der Waals surface area contributed by atoms with E-state index < -0.39 is 14.9 Å². The Kier molecular flexibility index (Phi) is 7.76. The third kappa shape index (κ3) is 5.69. The van der Waals surface area contributed by atoms with Crippen molar-refractivity contribution in [3.63, 3.8) is 0 Å². The van der Waals surface area contributed by atoms with Crippen molar-refractivity contribution in [1.29, 1.82) is 0 Å². The van der Waals surface area contributed by atoms with Gasteiger partial charge in [0.05, 0.1) is 29.8 Å². The normalized spacial score (nSPS) is 11.5. The molecule has 10 heteroatoms. The number of nitrogens with one attached hydrogen (secondary N) is 1. The first-order valence-corrected chi connectivity index (χ1v) is 10.8. The Bertz CT molecular complexity index is 1050. The van der Waals surface area contributed by atoms with Crippen LogP contribution in [0.3, 0.4) is 0 Å². The predicted molar refractivity (Wildman–Crippen MR) is 114 cm³/mol. The van der Waals surface area contributed by atoms with Gasteiger partial charge >= 0.3 is 5.69 Å². The standard InChI is InChI=1S/C20H25N3O6S/c1-5-6-9-29-20-17(23(24)25)11-16(12-18(20)28-4)13-21-22-30(26,27)19-8-7-14(2)10-15(19)3/h7-8,10-13,22H,5-6,9H2,1-4H3/b21-13+. The number of hydrazone groups is 1. The van der Waals surface area contributed by atoms with Gasteiger partial charge in [-0.25, -0.2) is 4.83 Å². The van der Waals surface area contributed by atoms with Gasteiger partial charge in [-0.3, -0.25) is 10.1 Å². The molecule has 0 heterocycles. The number of nitro groups is 1. The topological polar surface area (TPSA) is 120 Å². The molecule has 9 nitrogen and oxygen atoms in total. The Hall–Kier alpha value is -3.14. The molecule has 0 saturated carbocycles. The van der Waals surface area contributed by atoms with Crippen LogP contribution in [0, 0.1) is 24.0 Å². The minimum atomic E-state index is -3.88. The Morgan fingerprint density at radius 3 is 2.57 bits per heavy atom. The summed E-state index contributed by atoms with van der Waals surface area (Å²) in [5, 5.41) is 15.2. The first-order chi connectivity index (χ1) is 14.2. The van der Waals surface area contributed by atoms with Gasteiger partial charge in [0, 0.05) is 11.6 Å². The fourth-order valence-electron chi connectivity index (χ4n) is 2.75. The van der Waals surface area contributed by atoms with Crippen molar-refractivity contribution in [2.24, 2.45) is 5.10 Å². The van der Waals surface area contributed by atoms with Crippen LogP contribution in [0.15, 0.2) is 40.3 Å². The lowest BCUT2D eigenvalue weighted by molar-refractivity contribution is -0.386. The molecular weight excluding hydrogens is 410 g/mol. The summed E-state index contributed by atoms with van der Waals surface area (Å²) >= 11 is 0. The van der Waals surface area contributed by atoms with E-state index in [9.17, 15) is 18.5 Å². The zero-order chi connectivity index (χ0) is 22.3. The maximum Gasteiger partial charge on any atom is 0.315 e. The summed E-state index contributed by atoms with van der Waals surface area (Å²) in [6.45, 7) is 5.85.